The van der Waals surface area contributed by atoms with Crippen molar-refractivity contribution in [1.29, 1.82) is 0 Å². The highest BCUT2D eigenvalue weighted by molar-refractivity contribution is 7.85. The number of aromatic nitrogens is 1. The largest absolute Gasteiger partial charge is 0.354 e. The van der Waals surface area contributed by atoms with E-state index in [0.29, 0.717) is 0 Å². The van der Waals surface area contributed by atoms with Gasteiger partial charge in [0.25, 0.3) is 0 Å². The van der Waals surface area contributed by atoms with E-state index in [9.17, 15) is 13.0 Å². The second kappa shape index (κ2) is 2.92. The predicted octanol–water partition coefficient (Wildman–Crippen LogP) is 1.34. The van der Waals surface area contributed by atoms with Crippen LogP contribution < -0.4 is 0 Å². The van der Waals surface area contributed by atoms with Gasteiger partial charge in [0.1, 0.15) is 15.8 Å². The van der Waals surface area contributed by atoms with Gasteiger partial charge in [0.05, 0.1) is 0 Å². The number of alkyl halides is 2. The fourth-order valence-electron chi connectivity index (χ4n) is 0.535. The molecular formula is C5H5F2NOS. The Morgan fingerprint density at radius 1 is 1.60 bits per heavy atom. The predicted molar refractivity (Wildman–Crippen MR) is 33.2 cm³/mol. The van der Waals surface area contributed by atoms with Crippen molar-refractivity contribution in [3.8, 4) is 0 Å². The second-order valence-corrected chi connectivity index (χ2v) is 2.98. The molecule has 0 aliphatic rings. The van der Waals surface area contributed by atoms with E-state index in [0.717, 1.165) is 0 Å². The molecule has 1 rings (SSSR count). The van der Waals surface area contributed by atoms with E-state index in [4.69, 9.17) is 0 Å². The average molecular weight is 165 g/mol. The molecule has 1 aromatic heterocycles. The van der Waals surface area contributed by atoms with Gasteiger partial charge in [-0.2, -0.15) is 8.78 Å². The maximum atomic E-state index is 11.7. The third-order valence-electron chi connectivity index (χ3n) is 0.948. The zero-order valence-electron chi connectivity index (χ0n) is 4.88. The van der Waals surface area contributed by atoms with Gasteiger partial charge < -0.3 is 4.98 Å². The van der Waals surface area contributed by atoms with Crippen LogP contribution in [0.5, 0.6) is 0 Å². The molecule has 0 aliphatic carbocycles. The Balaban J connectivity index is 2.78. The van der Waals surface area contributed by atoms with Crippen molar-refractivity contribution < 1.29 is 13.0 Å². The molecule has 0 radical (unpaired) electrons. The molecule has 1 unspecified atom stereocenters. The van der Waals surface area contributed by atoms with Gasteiger partial charge in [-0.25, -0.2) is 4.21 Å². The smallest absolute Gasteiger partial charge is 0.317 e. The lowest BCUT2D eigenvalue weighted by Crippen LogP contribution is -2.02. The van der Waals surface area contributed by atoms with Gasteiger partial charge in [-0.05, 0) is 12.1 Å². The normalized spacial score (nSPS) is 13.9. The summed E-state index contributed by atoms with van der Waals surface area (Å²) >= 11 is 0. The van der Waals surface area contributed by atoms with Gasteiger partial charge in [0, 0.05) is 6.20 Å². The topological polar surface area (TPSA) is 32.9 Å². The van der Waals surface area contributed by atoms with E-state index in [-0.39, 0.29) is 5.03 Å². The summed E-state index contributed by atoms with van der Waals surface area (Å²) in [5, 5.41) is 0.0648. The summed E-state index contributed by atoms with van der Waals surface area (Å²) in [7, 11) is -2.19. The van der Waals surface area contributed by atoms with Crippen molar-refractivity contribution in [3.63, 3.8) is 0 Å². The van der Waals surface area contributed by atoms with Crippen LogP contribution in [0.15, 0.2) is 23.4 Å². The summed E-state index contributed by atoms with van der Waals surface area (Å²) in [5.41, 5.74) is 0. The summed E-state index contributed by atoms with van der Waals surface area (Å²) < 4.78 is 33.9. The Hall–Kier alpha value is -0.710. The zero-order chi connectivity index (χ0) is 7.56. The van der Waals surface area contributed by atoms with Crippen LogP contribution in [0.25, 0.3) is 0 Å². The maximum absolute atomic E-state index is 11.7. The summed E-state index contributed by atoms with van der Waals surface area (Å²) in [6.07, 6.45) is 1.45. The van der Waals surface area contributed by atoms with Gasteiger partial charge in [-0.1, -0.05) is 0 Å². The second-order valence-electron chi connectivity index (χ2n) is 1.59. The monoisotopic (exact) mass is 165 g/mol. The van der Waals surface area contributed by atoms with E-state index in [1.54, 1.807) is 0 Å². The Bertz CT molecular complexity index is 222. The fourth-order valence-corrected chi connectivity index (χ4v) is 1.12. The molecule has 0 saturated heterocycles. The highest BCUT2D eigenvalue weighted by atomic mass is 32.2. The minimum absolute atomic E-state index is 0.0648. The van der Waals surface area contributed by atoms with Crippen LogP contribution in [0.1, 0.15) is 0 Å². The van der Waals surface area contributed by atoms with Gasteiger partial charge >= 0.3 is 5.76 Å². The van der Waals surface area contributed by atoms with Crippen LogP contribution in [0.2, 0.25) is 0 Å². The SMILES string of the molecule is O=S(c1ccc[nH]1)C(F)F. The molecule has 5 heteroatoms. The van der Waals surface area contributed by atoms with Crippen molar-refractivity contribution in [1.82, 2.24) is 4.98 Å². The summed E-state index contributed by atoms with van der Waals surface area (Å²) in [5.74, 6) is -2.81. The highest BCUT2D eigenvalue weighted by Gasteiger charge is 2.15. The van der Waals surface area contributed by atoms with Crippen LogP contribution in [0.3, 0.4) is 0 Å². The van der Waals surface area contributed by atoms with Crippen molar-refractivity contribution >= 4 is 10.8 Å². The molecule has 0 bridgehead atoms. The van der Waals surface area contributed by atoms with Crippen LogP contribution in [0.4, 0.5) is 8.78 Å². The summed E-state index contributed by atoms with van der Waals surface area (Å²) in [6.45, 7) is 0. The molecule has 1 atom stereocenters. The van der Waals surface area contributed by atoms with Gasteiger partial charge in [0.2, 0.25) is 0 Å². The first kappa shape index (κ1) is 7.40. The maximum Gasteiger partial charge on any atom is 0.317 e. The van der Waals surface area contributed by atoms with E-state index >= 15 is 0 Å². The first-order chi connectivity index (χ1) is 4.72. The van der Waals surface area contributed by atoms with Gasteiger partial charge in [-0.3, -0.25) is 0 Å². The number of nitrogens with one attached hydrogen (secondary N) is 1. The molecule has 0 saturated carbocycles. The standard InChI is InChI=1S/C5H5F2NOS/c6-5(7)10(9)4-2-1-3-8-4/h1-3,5,8H. The lowest BCUT2D eigenvalue weighted by atomic mass is 10.7. The van der Waals surface area contributed by atoms with Crippen molar-refractivity contribution in [3.05, 3.63) is 18.3 Å². The number of hydrogen-bond acceptors (Lipinski definition) is 1. The minimum Gasteiger partial charge on any atom is -0.354 e. The minimum atomic E-state index is -2.81. The Kier molecular flexibility index (Phi) is 2.16. The van der Waals surface area contributed by atoms with Crippen LogP contribution >= 0.6 is 0 Å². The summed E-state index contributed by atoms with van der Waals surface area (Å²) in [6, 6.07) is 2.89. The first-order valence-corrected chi connectivity index (χ1v) is 3.75. The molecule has 0 amide bonds. The molecule has 0 spiro atoms. The molecule has 0 aromatic carbocycles. The van der Waals surface area contributed by atoms with E-state index < -0.39 is 16.6 Å². The number of H-pyrrole nitrogens is 1. The van der Waals surface area contributed by atoms with Gasteiger partial charge in [0.15, 0.2) is 0 Å². The average Bonchev–Trinajstić information content (AvgIpc) is 2.36. The van der Waals surface area contributed by atoms with Gasteiger partial charge in [-0.15, -0.1) is 0 Å². The lowest BCUT2D eigenvalue weighted by molar-refractivity contribution is 0.243. The van der Waals surface area contributed by atoms with Crippen molar-refractivity contribution in [2.45, 2.75) is 10.8 Å². The third-order valence-corrected chi connectivity index (χ3v) is 1.96. The van der Waals surface area contributed by atoms with E-state index in [2.05, 4.69) is 4.98 Å². The number of halogens is 2. The van der Waals surface area contributed by atoms with Crippen molar-refractivity contribution in [2.24, 2.45) is 0 Å². The van der Waals surface area contributed by atoms with Crippen LogP contribution in [-0.4, -0.2) is 15.0 Å². The Labute approximate surface area is 58.7 Å². The van der Waals surface area contributed by atoms with Crippen LogP contribution in [0, 0.1) is 0 Å². The molecule has 1 heterocycles. The molecule has 1 aromatic rings. The van der Waals surface area contributed by atoms with Crippen LogP contribution in [-0.2, 0) is 10.8 Å². The fraction of sp³-hybridized carbons (Fsp3) is 0.200. The molecule has 2 nitrogen and oxygen atoms in total. The Morgan fingerprint density at radius 3 is 2.70 bits per heavy atom. The Morgan fingerprint density at radius 2 is 2.30 bits per heavy atom. The molecule has 0 aliphatic heterocycles. The van der Waals surface area contributed by atoms with Crippen molar-refractivity contribution in [2.75, 3.05) is 0 Å². The first-order valence-electron chi connectivity index (χ1n) is 2.54. The van der Waals surface area contributed by atoms with E-state index in [1.807, 2.05) is 0 Å². The van der Waals surface area contributed by atoms with E-state index in [1.165, 1.54) is 18.3 Å². The number of rotatable bonds is 2. The number of aromatic amines is 1. The molecule has 0 fully saturated rings. The summed E-state index contributed by atoms with van der Waals surface area (Å²) in [4.78, 5) is 2.44. The highest BCUT2D eigenvalue weighted by Crippen LogP contribution is 2.09. The lowest BCUT2D eigenvalue weighted by Gasteiger charge is -1.94. The number of hydrogen-bond donors (Lipinski definition) is 1. The molecule has 56 valence electrons. The molecule has 10 heavy (non-hydrogen) atoms. The zero-order valence-corrected chi connectivity index (χ0v) is 5.70. The molecule has 1 N–H and O–H groups in total. The third kappa shape index (κ3) is 1.41. The molecular weight excluding hydrogens is 160 g/mol. The quantitative estimate of drug-likeness (QED) is 0.704.